The summed E-state index contributed by atoms with van der Waals surface area (Å²) in [6, 6.07) is 15.0. The molecule has 0 amide bonds. The van der Waals surface area contributed by atoms with E-state index >= 15 is 0 Å². The summed E-state index contributed by atoms with van der Waals surface area (Å²) in [5, 5.41) is 14.4. The van der Waals surface area contributed by atoms with Gasteiger partial charge in [0.1, 0.15) is 22.7 Å². The standard InChI is InChI=1S/C28H28ClNO4/c1-3-33-28(32)22-17(2)34-27-19-12-6-5-11-18(19)26(31)24(23(22)27)25(30-15-9-4-10-16-30)20-13-7-8-14-21(20)29/h5-8,11-14,25,31H,3-4,9-10,15-16H2,1-2H3. The van der Waals surface area contributed by atoms with Crippen LogP contribution in [0.15, 0.2) is 52.9 Å². The van der Waals surface area contributed by atoms with E-state index in [-0.39, 0.29) is 18.4 Å². The molecule has 0 spiro atoms. The molecule has 1 aliphatic rings. The second kappa shape index (κ2) is 9.32. The third-order valence-electron chi connectivity index (χ3n) is 6.74. The number of esters is 1. The van der Waals surface area contributed by atoms with Crippen molar-refractivity contribution in [3.05, 3.63) is 76.0 Å². The molecule has 1 fully saturated rings. The van der Waals surface area contributed by atoms with Crippen molar-refractivity contribution >= 4 is 39.3 Å². The Balaban J connectivity index is 1.91. The zero-order valence-electron chi connectivity index (χ0n) is 19.4. The van der Waals surface area contributed by atoms with Crippen LogP contribution in [0.3, 0.4) is 0 Å². The largest absolute Gasteiger partial charge is 0.507 e. The molecule has 0 radical (unpaired) electrons. The van der Waals surface area contributed by atoms with Gasteiger partial charge in [0.15, 0.2) is 0 Å². The Bertz CT molecular complexity index is 1370. The van der Waals surface area contributed by atoms with E-state index in [9.17, 15) is 9.90 Å². The Morgan fingerprint density at radius 2 is 1.76 bits per heavy atom. The fraction of sp³-hybridized carbons (Fsp3) is 0.321. The number of phenols is 1. The highest BCUT2D eigenvalue weighted by Crippen LogP contribution is 2.48. The third-order valence-corrected chi connectivity index (χ3v) is 7.09. The van der Waals surface area contributed by atoms with Crippen molar-refractivity contribution in [1.29, 1.82) is 0 Å². The number of carbonyl (C=O) groups is 1. The van der Waals surface area contributed by atoms with Crippen LogP contribution >= 0.6 is 11.6 Å². The number of aromatic hydroxyl groups is 1. The van der Waals surface area contributed by atoms with Gasteiger partial charge in [0, 0.05) is 26.7 Å². The molecule has 4 aromatic rings. The monoisotopic (exact) mass is 477 g/mol. The summed E-state index contributed by atoms with van der Waals surface area (Å²) in [4.78, 5) is 15.5. The molecule has 1 aromatic heterocycles. The number of ether oxygens (including phenoxy) is 1. The van der Waals surface area contributed by atoms with Crippen molar-refractivity contribution in [3.8, 4) is 5.75 Å². The van der Waals surface area contributed by atoms with Gasteiger partial charge >= 0.3 is 5.97 Å². The second-order valence-electron chi connectivity index (χ2n) is 8.79. The molecule has 0 bridgehead atoms. The molecule has 0 saturated carbocycles. The zero-order valence-corrected chi connectivity index (χ0v) is 20.2. The molecule has 1 aliphatic heterocycles. The van der Waals surface area contributed by atoms with Crippen LogP contribution in [0.1, 0.15) is 59.5 Å². The van der Waals surface area contributed by atoms with Crippen LogP contribution in [-0.4, -0.2) is 35.7 Å². The first-order valence-electron chi connectivity index (χ1n) is 11.8. The smallest absolute Gasteiger partial charge is 0.342 e. The van der Waals surface area contributed by atoms with Crippen molar-refractivity contribution in [1.82, 2.24) is 4.90 Å². The van der Waals surface area contributed by atoms with Crippen LogP contribution in [0.2, 0.25) is 5.02 Å². The number of likely N-dealkylation sites (tertiary alicyclic amines) is 1. The molecule has 1 unspecified atom stereocenters. The van der Waals surface area contributed by atoms with E-state index in [1.807, 2.05) is 48.5 Å². The van der Waals surface area contributed by atoms with Crippen molar-refractivity contribution in [3.63, 3.8) is 0 Å². The van der Waals surface area contributed by atoms with Gasteiger partial charge in [0.2, 0.25) is 0 Å². The maximum atomic E-state index is 13.1. The summed E-state index contributed by atoms with van der Waals surface area (Å²) >= 11 is 6.74. The van der Waals surface area contributed by atoms with Gasteiger partial charge in [0.25, 0.3) is 0 Å². The van der Waals surface area contributed by atoms with Crippen molar-refractivity contribution < 1.29 is 19.1 Å². The number of phenolic OH excluding ortho intramolecular Hbond substituents is 1. The summed E-state index contributed by atoms with van der Waals surface area (Å²) in [6.07, 6.45) is 3.30. The molecule has 5 nitrogen and oxygen atoms in total. The predicted molar refractivity (Wildman–Crippen MR) is 135 cm³/mol. The molecule has 3 aromatic carbocycles. The summed E-state index contributed by atoms with van der Waals surface area (Å²) in [5.41, 5.74) is 2.48. The Morgan fingerprint density at radius 3 is 2.47 bits per heavy atom. The van der Waals surface area contributed by atoms with Gasteiger partial charge in [-0.15, -0.1) is 0 Å². The number of piperidine rings is 1. The van der Waals surface area contributed by atoms with Crippen LogP contribution in [0.5, 0.6) is 5.75 Å². The molecule has 5 rings (SSSR count). The van der Waals surface area contributed by atoms with E-state index in [0.29, 0.717) is 38.3 Å². The van der Waals surface area contributed by atoms with Gasteiger partial charge in [-0.05, 0) is 51.4 Å². The fourth-order valence-corrected chi connectivity index (χ4v) is 5.50. The van der Waals surface area contributed by atoms with Gasteiger partial charge in [-0.3, -0.25) is 4.90 Å². The topological polar surface area (TPSA) is 62.9 Å². The number of furan rings is 1. The highest BCUT2D eigenvalue weighted by atomic mass is 35.5. The first-order chi connectivity index (χ1) is 16.5. The van der Waals surface area contributed by atoms with Gasteiger partial charge in [0.05, 0.1) is 12.6 Å². The third kappa shape index (κ3) is 3.73. The quantitative estimate of drug-likeness (QED) is 0.313. The Labute approximate surface area is 203 Å². The highest BCUT2D eigenvalue weighted by Gasteiger charge is 2.34. The summed E-state index contributed by atoms with van der Waals surface area (Å²) in [7, 11) is 0. The molecule has 1 atom stereocenters. The lowest BCUT2D eigenvalue weighted by molar-refractivity contribution is 0.0526. The zero-order chi connectivity index (χ0) is 23.8. The van der Waals surface area contributed by atoms with E-state index in [1.165, 1.54) is 6.42 Å². The van der Waals surface area contributed by atoms with E-state index in [2.05, 4.69) is 4.90 Å². The lowest BCUT2D eigenvalue weighted by atomic mass is 9.88. The number of halogens is 1. The molecule has 34 heavy (non-hydrogen) atoms. The molecule has 1 N–H and O–H groups in total. The second-order valence-corrected chi connectivity index (χ2v) is 9.19. The number of aryl methyl sites for hydroxylation is 1. The lowest BCUT2D eigenvalue weighted by Gasteiger charge is -2.36. The number of nitrogens with zero attached hydrogens (tertiary/aromatic N) is 1. The molecular formula is C28H28ClNO4. The summed E-state index contributed by atoms with van der Waals surface area (Å²) < 4.78 is 11.6. The summed E-state index contributed by atoms with van der Waals surface area (Å²) in [6.45, 7) is 5.54. The van der Waals surface area contributed by atoms with Crippen LogP contribution in [-0.2, 0) is 4.74 Å². The Hall–Kier alpha value is -3.02. The normalized spacial score (nSPS) is 15.6. The number of fused-ring (bicyclic) bond motifs is 3. The SMILES string of the molecule is CCOC(=O)c1c(C)oc2c1c(C(c1ccccc1Cl)N1CCCCC1)c(O)c1ccccc12. The van der Waals surface area contributed by atoms with Gasteiger partial charge in [-0.2, -0.15) is 0 Å². The minimum atomic E-state index is -0.453. The highest BCUT2D eigenvalue weighted by molar-refractivity contribution is 6.31. The number of carbonyl (C=O) groups excluding carboxylic acids is 1. The van der Waals surface area contributed by atoms with Crippen molar-refractivity contribution in [2.75, 3.05) is 19.7 Å². The van der Waals surface area contributed by atoms with Crippen LogP contribution in [0, 0.1) is 6.92 Å². The average Bonchev–Trinajstić information content (AvgIpc) is 3.20. The van der Waals surface area contributed by atoms with Gasteiger partial charge in [-0.25, -0.2) is 4.79 Å². The molecule has 2 heterocycles. The van der Waals surface area contributed by atoms with E-state index in [0.717, 1.165) is 36.9 Å². The summed E-state index contributed by atoms with van der Waals surface area (Å²) in [5.74, 6) is 0.165. The molecular weight excluding hydrogens is 450 g/mol. The van der Waals surface area contributed by atoms with Crippen LogP contribution < -0.4 is 0 Å². The maximum absolute atomic E-state index is 13.1. The lowest BCUT2D eigenvalue weighted by Crippen LogP contribution is -2.34. The molecule has 176 valence electrons. The number of benzene rings is 3. The number of hydrogen-bond donors (Lipinski definition) is 1. The Kier molecular flexibility index (Phi) is 6.24. The first-order valence-corrected chi connectivity index (χ1v) is 12.2. The average molecular weight is 478 g/mol. The fourth-order valence-electron chi connectivity index (χ4n) is 5.27. The van der Waals surface area contributed by atoms with E-state index in [1.54, 1.807) is 13.8 Å². The van der Waals surface area contributed by atoms with Gasteiger partial charge in [-0.1, -0.05) is 60.5 Å². The minimum Gasteiger partial charge on any atom is -0.507 e. The first kappa shape index (κ1) is 22.8. The van der Waals surface area contributed by atoms with Crippen molar-refractivity contribution in [2.24, 2.45) is 0 Å². The van der Waals surface area contributed by atoms with Crippen LogP contribution in [0.25, 0.3) is 21.7 Å². The maximum Gasteiger partial charge on any atom is 0.342 e. The predicted octanol–water partition coefficient (Wildman–Crippen LogP) is 7.01. The molecule has 6 heteroatoms. The van der Waals surface area contributed by atoms with Gasteiger partial charge < -0.3 is 14.3 Å². The van der Waals surface area contributed by atoms with E-state index in [4.69, 9.17) is 20.8 Å². The van der Waals surface area contributed by atoms with Crippen molar-refractivity contribution in [2.45, 2.75) is 39.2 Å². The number of hydrogen-bond acceptors (Lipinski definition) is 5. The minimum absolute atomic E-state index is 0.143. The van der Waals surface area contributed by atoms with Crippen LogP contribution in [0.4, 0.5) is 0 Å². The Morgan fingerprint density at radius 1 is 1.09 bits per heavy atom. The molecule has 0 aliphatic carbocycles. The number of rotatable bonds is 5. The molecule has 1 saturated heterocycles. The van der Waals surface area contributed by atoms with E-state index < -0.39 is 5.97 Å².